The second-order valence-electron chi connectivity index (χ2n) is 9.63. The van der Waals surface area contributed by atoms with E-state index in [-0.39, 0.29) is 17.9 Å². The zero-order valence-corrected chi connectivity index (χ0v) is 20.7. The maximum atomic E-state index is 13.8. The molecular formula is C27H28N4O3S. The quantitative estimate of drug-likeness (QED) is 0.565. The van der Waals surface area contributed by atoms with Crippen LogP contribution < -0.4 is 15.4 Å². The number of piperidine rings is 1. The molecule has 1 saturated heterocycles. The highest BCUT2D eigenvalue weighted by atomic mass is 32.1. The first-order valence-corrected chi connectivity index (χ1v) is 12.9. The lowest BCUT2D eigenvalue weighted by Gasteiger charge is -2.28. The molecule has 2 fully saturated rings. The summed E-state index contributed by atoms with van der Waals surface area (Å²) in [6.07, 6.45) is 1.11. The molecule has 3 heterocycles. The number of ether oxygens (including phenoxy) is 1. The number of amides is 2. The van der Waals surface area contributed by atoms with Gasteiger partial charge in [0.2, 0.25) is 0 Å². The summed E-state index contributed by atoms with van der Waals surface area (Å²) in [4.78, 5) is 34.3. The van der Waals surface area contributed by atoms with Crippen molar-refractivity contribution in [2.45, 2.75) is 26.3 Å². The normalized spacial score (nSPS) is 22.0. The molecule has 2 aliphatic heterocycles. The minimum absolute atomic E-state index is 0.0256. The molecule has 1 saturated carbocycles. The van der Waals surface area contributed by atoms with Gasteiger partial charge in [0.15, 0.2) is 5.75 Å². The summed E-state index contributed by atoms with van der Waals surface area (Å²) in [5.74, 6) is 1.33. The molecule has 8 heteroatoms. The van der Waals surface area contributed by atoms with E-state index in [0.717, 1.165) is 46.2 Å². The first-order chi connectivity index (χ1) is 17.0. The van der Waals surface area contributed by atoms with Crippen molar-refractivity contribution in [3.63, 3.8) is 0 Å². The lowest BCUT2D eigenvalue weighted by atomic mass is 10.1. The molecule has 7 nitrogen and oxygen atoms in total. The molecule has 0 unspecified atom stereocenters. The van der Waals surface area contributed by atoms with Gasteiger partial charge in [-0.1, -0.05) is 35.9 Å². The molecule has 0 bridgehead atoms. The highest BCUT2D eigenvalue weighted by Crippen LogP contribution is 2.50. The monoisotopic (exact) mass is 488 g/mol. The molecule has 0 radical (unpaired) electrons. The maximum Gasteiger partial charge on any atom is 0.274 e. The van der Waals surface area contributed by atoms with Crippen LogP contribution in [-0.4, -0.2) is 54.0 Å². The summed E-state index contributed by atoms with van der Waals surface area (Å²) in [5.41, 5.74) is 4.06. The lowest BCUT2D eigenvalue weighted by Crippen LogP contribution is -2.45. The third-order valence-electron chi connectivity index (χ3n) is 7.18. The summed E-state index contributed by atoms with van der Waals surface area (Å²) >= 11 is 1.56. The zero-order chi connectivity index (χ0) is 24.1. The van der Waals surface area contributed by atoms with Gasteiger partial charge in [0.05, 0.1) is 27.2 Å². The van der Waals surface area contributed by atoms with Gasteiger partial charge in [0.1, 0.15) is 12.3 Å². The molecule has 35 heavy (non-hydrogen) atoms. The molecule has 0 spiro atoms. The van der Waals surface area contributed by atoms with E-state index in [4.69, 9.17) is 4.74 Å². The SMILES string of the molecule is Cc1cccc(-c2sc(C)nc2C(=O)N2C[C@@H]3C[C@@H]3[C@H]2CNC(=O)c2cccc3c2OCCN3)c1. The Labute approximate surface area is 208 Å². The number of fused-ring (bicyclic) bond motifs is 2. The topological polar surface area (TPSA) is 83.6 Å². The van der Waals surface area contributed by atoms with E-state index in [1.807, 2.05) is 36.1 Å². The molecule has 2 aromatic carbocycles. The Balaban J connectivity index is 1.21. The smallest absolute Gasteiger partial charge is 0.274 e. The molecular weight excluding hydrogens is 460 g/mol. The number of nitrogens with zero attached hydrogens (tertiary/aromatic N) is 2. The Kier molecular flexibility index (Phi) is 5.48. The van der Waals surface area contributed by atoms with Gasteiger partial charge in [-0.2, -0.15) is 0 Å². The number of para-hydroxylation sites is 1. The number of carbonyl (C=O) groups is 2. The Bertz CT molecular complexity index is 1320. The number of likely N-dealkylation sites (tertiary alicyclic amines) is 1. The summed E-state index contributed by atoms with van der Waals surface area (Å²) in [7, 11) is 0. The minimum Gasteiger partial charge on any atom is -0.489 e. The molecule has 180 valence electrons. The van der Waals surface area contributed by atoms with Crippen LogP contribution in [0.3, 0.4) is 0 Å². The van der Waals surface area contributed by atoms with E-state index in [2.05, 4.69) is 34.7 Å². The van der Waals surface area contributed by atoms with Crippen molar-refractivity contribution in [2.24, 2.45) is 11.8 Å². The van der Waals surface area contributed by atoms with Crippen molar-refractivity contribution in [2.75, 3.05) is 31.6 Å². The van der Waals surface area contributed by atoms with Crippen LogP contribution in [0.5, 0.6) is 5.75 Å². The Hall–Kier alpha value is -3.39. The predicted octanol–water partition coefficient (Wildman–Crippen LogP) is 4.12. The van der Waals surface area contributed by atoms with Crippen LogP contribution in [0.4, 0.5) is 5.69 Å². The average molecular weight is 489 g/mol. The largest absolute Gasteiger partial charge is 0.489 e. The van der Waals surface area contributed by atoms with Gasteiger partial charge in [-0.05, 0) is 49.8 Å². The van der Waals surface area contributed by atoms with Crippen molar-refractivity contribution in [3.05, 3.63) is 64.3 Å². The molecule has 1 aromatic heterocycles. The Morgan fingerprint density at radius 1 is 1.23 bits per heavy atom. The zero-order valence-electron chi connectivity index (χ0n) is 19.8. The fraction of sp³-hybridized carbons (Fsp3) is 0.370. The number of hydrogen-bond donors (Lipinski definition) is 2. The highest BCUT2D eigenvalue weighted by molar-refractivity contribution is 7.15. The second kappa shape index (κ2) is 8.68. The average Bonchev–Trinajstić information content (AvgIpc) is 3.38. The standard InChI is InChI=1S/C27H28N4O3S/c1-15-5-3-6-17(11-15)25-23(30-16(2)35-25)27(33)31-14-18-12-20(18)22(31)13-29-26(32)19-7-4-8-21-24(19)34-10-9-28-21/h3-8,11,18,20,22,28H,9-10,12-14H2,1-2H3,(H,29,32)/t18-,20-,22+/m0/s1. The van der Waals surface area contributed by atoms with Crippen LogP contribution >= 0.6 is 11.3 Å². The molecule has 6 rings (SSSR count). The lowest BCUT2D eigenvalue weighted by molar-refractivity contribution is 0.0690. The molecule has 2 N–H and O–H groups in total. The van der Waals surface area contributed by atoms with Gasteiger partial charge in [-0.15, -0.1) is 11.3 Å². The van der Waals surface area contributed by atoms with Crippen LogP contribution in [0.2, 0.25) is 0 Å². The number of thiazole rings is 1. The van der Waals surface area contributed by atoms with Crippen LogP contribution in [0, 0.1) is 25.7 Å². The van der Waals surface area contributed by atoms with Crippen molar-refractivity contribution in [1.82, 2.24) is 15.2 Å². The van der Waals surface area contributed by atoms with E-state index in [9.17, 15) is 9.59 Å². The number of nitrogens with one attached hydrogen (secondary N) is 2. The van der Waals surface area contributed by atoms with Gasteiger partial charge in [0.25, 0.3) is 11.8 Å². The van der Waals surface area contributed by atoms with Crippen LogP contribution in [0.15, 0.2) is 42.5 Å². The Morgan fingerprint density at radius 2 is 2.09 bits per heavy atom. The van der Waals surface area contributed by atoms with E-state index < -0.39 is 0 Å². The molecule has 3 atom stereocenters. The number of carbonyl (C=O) groups excluding carboxylic acids is 2. The molecule has 1 aliphatic carbocycles. The van der Waals surface area contributed by atoms with E-state index >= 15 is 0 Å². The van der Waals surface area contributed by atoms with Gasteiger partial charge >= 0.3 is 0 Å². The van der Waals surface area contributed by atoms with Gasteiger partial charge in [-0.25, -0.2) is 4.98 Å². The summed E-state index contributed by atoms with van der Waals surface area (Å²) in [6, 6.07) is 13.7. The third kappa shape index (κ3) is 4.05. The van der Waals surface area contributed by atoms with Gasteiger partial charge < -0.3 is 20.3 Å². The fourth-order valence-electron chi connectivity index (χ4n) is 5.40. The second-order valence-corrected chi connectivity index (χ2v) is 10.8. The minimum atomic E-state index is -0.174. The fourth-order valence-corrected chi connectivity index (χ4v) is 6.31. The number of aryl methyl sites for hydroxylation is 2. The predicted molar refractivity (Wildman–Crippen MR) is 136 cm³/mol. The van der Waals surface area contributed by atoms with Gasteiger partial charge in [-0.3, -0.25) is 9.59 Å². The van der Waals surface area contributed by atoms with E-state index in [1.165, 1.54) is 0 Å². The third-order valence-corrected chi connectivity index (χ3v) is 8.20. The number of hydrogen-bond acceptors (Lipinski definition) is 6. The first-order valence-electron chi connectivity index (χ1n) is 12.1. The van der Waals surface area contributed by atoms with E-state index in [0.29, 0.717) is 42.0 Å². The molecule has 2 amide bonds. The summed E-state index contributed by atoms with van der Waals surface area (Å²) in [5, 5.41) is 7.23. The summed E-state index contributed by atoms with van der Waals surface area (Å²) in [6.45, 7) is 6.39. The number of aromatic nitrogens is 1. The van der Waals surface area contributed by atoms with Crippen molar-refractivity contribution >= 4 is 28.8 Å². The van der Waals surface area contributed by atoms with Crippen molar-refractivity contribution < 1.29 is 14.3 Å². The summed E-state index contributed by atoms with van der Waals surface area (Å²) < 4.78 is 5.76. The van der Waals surface area contributed by atoms with Crippen LogP contribution in [0.1, 0.15) is 37.8 Å². The molecule has 3 aliphatic rings. The van der Waals surface area contributed by atoms with Gasteiger partial charge in [0, 0.05) is 19.6 Å². The number of anilines is 1. The molecule has 3 aromatic rings. The number of rotatable bonds is 5. The van der Waals surface area contributed by atoms with Crippen molar-refractivity contribution in [3.8, 4) is 16.2 Å². The van der Waals surface area contributed by atoms with Crippen LogP contribution in [0.25, 0.3) is 10.4 Å². The van der Waals surface area contributed by atoms with Crippen molar-refractivity contribution in [1.29, 1.82) is 0 Å². The maximum absolute atomic E-state index is 13.8. The van der Waals surface area contributed by atoms with Crippen LogP contribution in [-0.2, 0) is 0 Å². The van der Waals surface area contributed by atoms with E-state index in [1.54, 1.807) is 17.4 Å². The highest BCUT2D eigenvalue weighted by Gasteiger charge is 2.54. The Morgan fingerprint density at radius 3 is 2.94 bits per heavy atom. The first kappa shape index (κ1) is 22.1. The number of benzene rings is 2.